The fraction of sp³-hybridized carbons (Fsp3) is 0.406. The Morgan fingerprint density at radius 3 is 2.42 bits per heavy atom. The van der Waals surface area contributed by atoms with Gasteiger partial charge in [0.15, 0.2) is 9.84 Å². The maximum Gasteiger partial charge on any atom is 0.417 e. The molecule has 45 heavy (non-hydrogen) atoms. The van der Waals surface area contributed by atoms with Crippen molar-refractivity contribution in [3.8, 4) is 28.4 Å². The number of rotatable bonds is 8. The Balaban J connectivity index is 1.25. The molecule has 1 aliphatic carbocycles. The maximum atomic E-state index is 15.5. The molecule has 0 saturated carbocycles. The summed E-state index contributed by atoms with van der Waals surface area (Å²) in [4.78, 5) is 11.1. The Hall–Kier alpha value is -3.84. The van der Waals surface area contributed by atoms with Crippen molar-refractivity contribution in [2.45, 2.75) is 55.9 Å². The lowest BCUT2D eigenvalue weighted by atomic mass is 9.91. The van der Waals surface area contributed by atoms with Crippen LogP contribution >= 0.6 is 0 Å². The van der Waals surface area contributed by atoms with Crippen molar-refractivity contribution in [3.05, 3.63) is 76.6 Å². The second-order valence-corrected chi connectivity index (χ2v) is 14.1. The minimum absolute atomic E-state index is 0.00938. The molecule has 0 radical (unpaired) electrons. The fourth-order valence-corrected chi connectivity index (χ4v) is 7.86. The number of sulfone groups is 1. The van der Waals surface area contributed by atoms with Crippen LogP contribution in [0.25, 0.3) is 11.1 Å². The summed E-state index contributed by atoms with van der Waals surface area (Å²) in [6, 6.07) is 10.8. The quantitative estimate of drug-likeness (QED) is 0.292. The predicted molar refractivity (Wildman–Crippen MR) is 154 cm³/mol. The number of ether oxygens (including phenoxy) is 3. The molecule has 3 aliphatic rings. The van der Waals surface area contributed by atoms with Gasteiger partial charge in [0, 0.05) is 34.7 Å². The number of halogens is 4. The maximum absolute atomic E-state index is 15.5. The zero-order valence-electron chi connectivity index (χ0n) is 23.9. The molecule has 13 heteroatoms. The van der Waals surface area contributed by atoms with Crippen LogP contribution in [-0.2, 0) is 27.2 Å². The number of alkyl halides is 3. The summed E-state index contributed by atoms with van der Waals surface area (Å²) in [6.45, 7) is -0.0651. The average molecular weight is 651 g/mol. The number of aliphatic hydroxyl groups is 1. The standard InChI is InChI=1S/C32H30F4O8S/c33-26-14-19(43-17-31(39)9-11-45(40,41)12-10-31)1-4-24(26)30-23-6-8-27(22(23)5-7-25(30)32(34,35)36)44-20-2-3-21-18(13-29(37)38)16-42-28(21)15-20/h1-5,7,14-15,18,27,39H,6,8-13,16-17H2,(H,37,38). The van der Waals surface area contributed by atoms with Crippen molar-refractivity contribution in [1.82, 2.24) is 0 Å². The van der Waals surface area contributed by atoms with Gasteiger partial charge in [0.05, 0.1) is 30.1 Å². The topological polar surface area (TPSA) is 119 Å². The molecule has 2 aliphatic heterocycles. The Morgan fingerprint density at radius 1 is 1.02 bits per heavy atom. The molecule has 0 spiro atoms. The van der Waals surface area contributed by atoms with E-state index in [9.17, 15) is 31.5 Å². The molecular formula is C32H30F4O8S. The van der Waals surface area contributed by atoms with Crippen LogP contribution in [0.2, 0.25) is 0 Å². The highest BCUT2D eigenvalue weighted by molar-refractivity contribution is 7.91. The molecule has 2 heterocycles. The largest absolute Gasteiger partial charge is 0.492 e. The molecule has 3 aromatic carbocycles. The zero-order chi connectivity index (χ0) is 32.1. The lowest BCUT2D eigenvalue weighted by molar-refractivity contribution is -0.138. The van der Waals surface area contributed by atoms with Crippen LogP contribution in [0.15, 0.2) is 48.5 Å². The van der Waals surface area contributed by atoms with Crippen molar-refractivity contribution in [2.24, 2.45) is 0 Å². The molecule has 0 bridgehead atoms. The van der Waals surface area contributed by atoms with Crippen LogP contribution in [0.1, 0.15) is 60.0 Å². The molecule has 2 atom stereocenters. The second kappa shape index (κ2) is 11.5. The van der Waals surface area contributed by atoms with E-state index in [0.29, 0.717) is 29.0 Å². The SMILES string of the molecule is O=C(O)CC1COc2cc(OC3CCc4c3ccc(C(F)(F)F)c4-c3ccc(OCC4(O)CCS(=O)(=O)CC4)cc3F)ccc21. The van der Waals surface area contributed by atoms with Gasteiger partial charge < -0.3 is 24.4 Å². The Labute approximate surface area is 256 Å². The first-order valence-electron chi connectivity index (χ1n) is 14.4. The van der Waals surface area contributed by atoms with E-state index in [1.54, 1.807) is 18.2 Å². The van der Waals surface area contributed by atoms with E-state index >= 15 is 4.39 Å². The molecule has 0 amide bonds. The average Bonchev–Trinajstić information content (AvgIpc) is 3.56. The minimum Gasteiger partial charge on any atom is -0.492 e. The van der Waals surface area contributed by atoms with E-state index in [-0.39, 0.29) is 73.2 Å². The normalized spacial score (nSPS) is 21.4. The molecule has 3 aromatic rings. The summed E-state index contributed by atoms with van der Waals surface area (Å²) < 4.78 is 99.0. The molecule has 6 rings (SSSR count). The highest BCUT2D eigenvalue weighted by atomic mass is 32.2. The highest BCUT2D eigenvalue weighted by Crippen LogP contribution is 2.48. The summed E-state index contributed by atoms with van der Waals surface area (Å²) >= 11 is 0. The van der Waals surface area contributed by atoms with Crippen LogP contribution < -0.4 is 14.2 Å². The predicted octanol–water partition coefficient (Wildman–Crippen LogP) is 5.85. The summed E-state index contributed by atoms with van der Waals surface area (Å²) in [5, 5.41) is 19.8. The van der Waals surface area contributed by atoms with Crippen LogP contribution in [0.5, 0.6) is 17.2 Å². The van der Waals surface area contributed by atoms with Gasteiger partial charge in [0.1, 0.15) is 41.4 Å². The molecular weight excluding hydrogens is 620 g/mol. The van der Waals surface area contributed by atoms with Crippen molar-refractivity contribution >= 4 is 15.8 Å². The molecule has 1 fully saturated rings. The van der Waals surface area contributed by atoms with Gasteiger partial charge in [-0.1, -0.05) is 12.1 Å². The van der Waals surface area contributed by atoms with E-state index in [1.165, 1.54) is 18.2 Å². The Kier molecular flexibility index (Phi) is 7.97. The van der Waals surface area contributed by atoms with E-state index in [0.717, 1.165) is 17.7 Å². The lowest BCUT2D eigenvalue weighted by Gasteiger charge is -2.31. The van der Waals surface area contributed by atoms with Crippen molar-refractivity contribution in [1.29, 1.82) is 0 Å². The van der Waals surface area contributed by atoms with Crippen LogP contribution in [-0.4, -0.2) is 54.9 Å². The number of carboxylic acid groups (broad SMARTS) is 1. The molecule has 1 saturated heterocycles. The minimum atomic E-state index is -4.76. The monoisotopic (exact) mass is 650 g/mol. The number of benzene rings is 3. The van der Waals surface area contributed by atoms with Gasteiger partial charge in [-0.2, -0.15) is 13.2 Å². The van der Waals surface area contributed by atoms with E-state index in [4.69, 9.17) is 19.3 Å². The second-order valence-electron chi connectivity index (χ2n) is 11.8. The first kappa shape index (κ1) is 31.2. The number of hydrogen-bond acceptors (Lipinski definition) is 7. The van der Waals surface area contributed by atoms with E-state index in [2.05, 4.69) is 0 Å². The number of carboxylic acids is 1. The Bertz CT molecular complexity index is 1740. The summed E-state index contributed by atoms with van der Waals surface area (Å²) in [6.07, 6.45) is -4.97. The van der Waals surface area contributed by atoms with Crippen molar-refractivity contribution < 1.29 is 55.2 Å². The number of aliphatic carboxylic acids is 1. The van der Waals surface area contributed by atoms with E-state index < -0.39 is 45.1 Å². The van der Waals surface area contributed by atoms with Gasteiger partial charge in [0.25, 0.3) is 0 Å². The van der Waals surface area contributed by atoms with Gasteiger partial charge in [-0.25, -0.2) is 12.8 Å². The van der Waals surface area contributed by atoms with Crippen LogP contribution in [0, 0.1) is 5.82 Å². The van der Waals surface area contributed by atoms with Gasteiger partial charge >= 0.3 is 12.1 Å². The van der Waals surface area contributed by atoms with Gasteiger partial charge in [0.2, 0.25) is 0 Å². The van der Waals surface area contributed by atoms with Crippen molar-refractivity contribution in [2.75, 3.05) is 24.7 Å². The van der Waals surface area contributed by atoms with Gasteiger partial charge in [-0.05, 0) is 61.1 Å². The van der Waals surface area contributed by atoms with E-state index in [1.807, 2.05) is 0 Å². The van der Waals surface area contributed by atoms with Gasteiger partial charge in [-0.15, -0.1) is 0 Å². The summed E-state index contributed by atoms with van der Waals surface area (Å²) in [5.74, 6) is -1.67. The molecule has 2 N–H and O–H groups in total. The fourth-order valence-electron chi connectivity index (χ4n) is 6.27. The van der Waals surface area contributed by atoms with Crippen LogP contribution in [0.3, 0.4) is 0 Å². The molecule has 0 aromatic heterocycles. The Morgan fingerprint density at radius 2 is 1.73 bits per heavy atom. The molecule has 2 unspecified atom stereocenters. The molecule has 240 valence electrons. The zero-order valence-corrected chi connectivity index (χ0v) is 24.7. The third-order valence-corrected chi connectivity index (χ3v) is 10.3. The lowest BCUT2D eigenvalue weighted by Crippen LogP contribution is -2.43. The van der Waals surface area contributed by atoms with Gasteiger partial charge in [-0.3, -0.25) is 4.79 Å². The van der Waals surface area contributed by atoms with Crippen molar-refractivity contribution in [3.63, 3.8) is 0 Å². The summed E-state index contributed by atoms with van der Waals surface area (Å²) in [7, 11) is -3.23. The number of fused-ring (bicyclic) bond motifs is 2. The van der Waals surface area contributed by atoms with Crippen LogP contribution in [0.4, 0.5) is 17.6 Å². The third-order valence-electron chi connectivity index (χ3n) is 8.70. The number of carbonyl (C=O) groups is 1. The first-order valence-corrected chi connectivity index (χ1v) is 16.3. The highest BCUT2D eigenvalue weighted by Gasteiger charge is 2.39. The number of hydrogen-bond donors (Lipinski definition) is 2. The smallest absolute Gasteiger partial charge is 0.417 e. The molecule has 8 nitrogen and oxygen atoms in total. The first-order chi connectivity index (χ1) is 21.2. The summed E-state index contributed by atoms with van der Waals surface area (Å²) in [5.41, 5.74) is -1.37. The third kappa shape index (κ3) is 6.46.